The number of ether oxygens (including phenoxy) is 1. The molecule has 1 amide bonds. The molecular weight excluding hydrogens is 316 g/mol. The van der Waals surface area contributed by atoms with Gasteiger partial charge in [0.15, 0.2) is 11.9 Å². The Balaban J connectivity index is 1.37. The van der Waals surface area contributed by atoms with E-state index in [0.717, 1.165) is 60.9 Å². The van der Waals surface area contributed by atoms with Crippen LogP contribution in [0.25, 0.3) is 0 Å². The van der Waals surface area contributed by atoms with Crippen LogP contribution in [0.5, 0.6) is 5.75 Å². The van der Waals surface area contributed by atoms with Gasteiger partial charge in [0.2, 0.25) is 0 Å². The van der Waals surface area contributed by atoms with Gasteiger partial charge in [0.25, 0.3) is 5.91 Å². The summed E-state index contributed by atoms with van der Waals surface area (Å²) in [4.78, 5) is 19.3. The lowest BCUT2D eigenvalue weighted by Gasteiger charge is -2.32. The molecule has 1 fully saturated rings. The minimum atomic E-state index is -0.372. The normalized spacial score (nSPS) is 20.4. The summed E-state index contributed by atoms with van der Waals surface area (Å²) in [5, 5.41) is 7.32. The Bertz CT molecular complexity index is 777. The Morgan fingerprint density at radius 2 is 2.16 bits per heavy atom. The number of H-pyrrole nitrogens is 1. The predicted molar refractivity (Wildman–Crippen MR) is 93.6 cm³/mol. The SMILES string of the molecule is CCc1nc(C2CCN(C(=O)C3Cc4cccc(C)c4O3)CC2)n[nH]1. The van der Waals surface area contributed by atoms with Gasteiger partial charge in [-0.25, -0.2) is 4.98 Å². The molecule has 1 unspecified atom stereocenters. The van der Waals surface area contributed by atoms with Crippen LogP contribution < -0.4 is 4.74 Å². The van der Waals surface area contributed by atoms with Gasteiger partial charge in [0.05, 0.1) is 0 Å². The topological polar surface area (TPSA) is 71.1 Å². The Kier molecular flexibility index (Phi) is 4.19. The lowest BCUT2D eigenvalue weighted by atomic mass is 9.95. The molecule has 0 aliphatic carbocycles. The lowest BCUT2D eigenvalue weighted by Crippen LogP contribution is -2.45. The van der Waals surface area contributed by atoms with Crippen molar-refractivity contribution in [1.82, 2.24) is 20.1 Å². The van der Waals surface area contributed by atoms with E-state index < -0.39 is 0 Å². The monoisotopic (exact) mass is 340 g/mol. The lowest BCUT2D eigenvalue weighted by molar-refractivity contribution is -0.139. The molecule has 2 aliphatic rings. The maximum absolute atomic E-state index is 12.8. The molecule has 6 nitrogen and oxygen atoms in total. The minimum absolute atomic E-state index is 0.110. The highest BCUT2D eigenvalue weighted by Gasteiger charge is 2.35. The van der Waals surface area contributed by atoms with E-state index in [1.165, 1.54) is 0 Å². The molecule has 0 saturated carbocycles. The van der Waals surface area contributed by atoms with Crippen LogP contribution in [-0.4, -0.2) is 45.2 Å². The molecule has 6 heteroatoms. The number of aromatic nitrogens is 3. The number of carbonyl (C=O) groups excluding carboxylic acids is 1. The second-order valence-electron chi connectivity index (χ2n) is 6.97. The van der Waals surface area contributed by atoms with Crippen molar-refractivity contribution in [3.05, 3.63) is 41.0 Å². The first-order valence-corrected chi connectivity index (χ1v) is 9.10. The smallest absolute Gasteiger partial charge is 0.263 e. The molecule has 1 aromatic heterocycles. The number of hydrogen-bond donors (Lipinski definition) is 1. The molecule has 0 bridgehead atoms. The molecule has 0 spiro atoms. The number of piperidine rings is 1. The van der Waals surface area contributed by atoms with E-state index in [9.17, 15) is 4.79 Å². The number of nitrogens with zero attached hydrogens (tertiary/aromatic N) is 3. The summed E-state index contributed by atoms with van der Waals surface area (Å²) in [7, 11) is 0. The number of aryl methyl sites for hydroxylation is 2. The highest BCUT2D eigenvalue weighted by Crippen LogP contribution is 2.33. The van der Waals surface area contributed by atoms with Crippen LogP contribution in [0.2, 0.25) is 0 Å². The number of aromatic amines is 1. The van der Waals surface area contributed by atoms with E-state index in [4.69, 9.17) is 4.74 Å². The number of carbonyl (C=O) groups is 1. The summed E-state index contributed by atoms with van der Waals surface area (Å²) in [6.07, 6.45) is 2.99. The third-order valence-corrected chi connectivity index (χ3v) is 5.29. The highest BCUT2D eigenvalue weighted by molar-refractivity contribution is 5.83. The van der Waals surface area contributed by atoms with E-state index in [1.54, 1.807) is 0 Å². The van der Waals surface area contributed by atoms with Crippen LogP contribution in [0.3, 0.4) is 0 Å². The average Bonchev–Trinajstić information content (AvgIpc) is 3.29. The van der Waals surface area contributed by atoms with Crippen molar-refractivity contribution < 1.29 is 9.53 Å². The summed E-state index contributed by atoms with van der Waals surface area (Å²) < 4.78 is 5.96. The van der Waals surface area contributed by atoms with Gasteiger partial charge in [-0.1, -0.05) is 25.1 Å². The fraction of sp³-hybridized carbons (Fsp3) is 0.526. The minimum Gasteiger partial charge on any atom is -0.480 e. The van der Waals surface area contributed by atoms with Crippen LogP contribution >= 0.6 is 0 Å². The summed E-state index contributed by atoms with van der Waals surface area (Å²) in [5.41, 5.74) is 2.24. The first-order valence-electron chi connectivity index (χ1n) is 9.10. The second kappa shape index (κ2) is 6.50. The number of para-hydroxylation sites is 1. The highest BCUT2D eigenvalue weighted by atomic mass is 16.5. The van der Waals surface area contributed by atoms with Gasteiger partial charge >= 0.3 is 0 Å². The molecule has 3 heterocycles. The molecule has 2 aromatic rings. The van der Waals surface area contributed by atoms with E-state index in [-0.39, 0.29) is 12.0 Å². The number of nitrogens with one attached hydrogen (secondary N) is 1. The van der Waals surface area contributed by atoms with Gasteiger partial charge in [-0.05, 0) is 30.9 Å². The second-order valence-corrected chi connectivity index (χ2v) is 6.97. The standard InChI is InChI=1S/C19H24N4O2/c1-3-16-20-18(22-21-16)13-7-9-23(10-8-13)19(24)15-11-14-6-4-5-12(2)17(14)25-15/h4-6,13,15H,3,7-11H2,1-2H3,(H,20,21,22). The summed E-state index contributed by atoms with van der Waals surface area (Å²) in [5.74, 6) is 3.16. The third kappa shape index (κ3) is 3.01. The van der Waals surface area contributed by atoms with Crippen molar-refractivity contribution in [2.24, 2.45) is 0 Å². The number of benzene rings is 1. The largest absolute Gasteiger partial charge is 0.480 e. The molecule has 4 rings (SSSR count). The van der Waals surface area contributed by atoms with Gasteiger partial charge in [0.1, 0.15) is 11.6 Å². The van der Waals surface area contributed by atoms with Gasteiger partial charge in [-0.2, -0.15) is 5.10 Å². The van der Waals surface area contributed by atoms with Gasteiger partial charge < -0.3 is 9.64 Å². The van der Waals surface area contributed by atoms with Crippen molar-refractivity contribution in [3.8, 4) is 5.75 Å². The molecule has 1 atom stereocenters. The van der Waals surface area contributed by atoms with Crippen molar-refractivity contribution >= 4 is 5.91 Å². The molecule has 1 aromatic carbocycles. The zero-order chi connectivity index (χ0) is 17.4. The Hall–Kier alpha value is -2.37. The summed E-state index contributed by atoms with van der Waals surface area (Å²) in [6.45, 7) is 5.58. The van der Waals surface area contributed by atoms with Crippen LogP contribution in [0.4, 0.5) is 0 Å². The van der Waals surface area contributed by atoms with Crippen LogP contribution in [0, 0.1) is 6.92 Å². The molecule has 1 N–H and O–H groups in total. The third-order valence-electron chi connectivity index (χ3n) is 5.29. The molecule has 132 valence electrons. The van der Waals surface area contributed by atoms with E-state index >= 15 is 0 Å². The fourth-order valence-electron chi connectivity index (χ4n) is 3.78. The molecular formula is C19H24N4O2. The van der Waals surface area contributed by atoms with Gasteiger partial charge in [0, 0.05) is 31.8 Å². The number of rotatable bonds is 3. The summed E-state index contributed by atoms with van der Waals surface area (Å²) >= 11 is 0. The maximum Gasteiger partial charge on any atom is 0.263 e. The zero-order valence-electron chi connectivity index (χ0n) is 14.8. The number of hydrogen-bond acceptors (Lipinski definition) is 4. The number of likely N-dealkylation sites (tertiary alicyclic amines) is 1. The van der Waals surface area contributed by atoms with E-state index in [1.807, 2.05) is 24.0 Å². The first-order chi connectivity index (χ1) is 12.2. The Morgan fingerprint density at radius 1 is 1.36 bits per heavy atom. The van der Waals surface area contributed by atoms with Crippen molar-refractivity contribution in [1.29, 1.82) is 0 Å². The zero-order valence-corrected chi connectivity index (χ0v) is 14.8. The molecule has 1 saturated heterocycles. The quantitative estimate of drug-likeness (QED) is 0.931. The summed E-state index contributed by atoms with van der Waals surface area (Å²) in [6, 6.07) is 6.10. The maximum atomic E-state index is 12.8. The number of fused-ring (bicyclic) bond motifs is 1. The van der Waals surface area contributed by atoms with Gasteiger partial charge in [-0.15, -0.1) is 0 Å². The average molecular weight is 340 g/mol. The van der Waals surface area contributed by atoms with Crippen LogP contribution in [0.15, 0.2) is 18.2 Å². The first kappa shape index (κ1) is 16.1. The van der Waals surface area contributed by atoms with Crippen molar-refractivity contribution in [3.63, 3.8) is 0 Å². The number of amides is 1. The molecule has 0 radical (unpaired) electrons. The van der Waals surface area contributed by atoms with Gasteiger partial charge in [-0.3, -0.25) is 9.89 Å². The Morgan fingerprint density at radius 3 is 2.84 bits per heavy atom. The van der Waals surface area contributed by atoms with E-state index in [2.05, 4.69) is 28.2 Å². The van der Waals surface area contributed by atoms with Crippen molar-refractivity contribution in [2.75, 3.05) is 13.1 Å². The Labute approximate surface area is 147 Å². The van der Waals surface area contributed by atoms with Crippen LogP contribution in [0.1, 0.15) is 48.5 Å². The molecule has 2 aliphatic heterocycles. The fourth-order valence-corrected chi connectivity index (χ4v) is 3.78. The predicted octanol–water partition coefficient (Wildman–Crippen LogP) is 2.39. The molecule has 25 heavy (non-hydrogen) atoms. The van der Waals surface area contributed by atoms with Crippen LogP contribution in [-0.2, 0) is 17.6 Å². The van der Waals surface area contributed by atoms with Crippen molar-refractivity contribution in [2.45, 2.75) is 51.6 Å². The van der Waals surface area contributed by atoms with E-state index in [0.29, 0.717) is 12.3 Å².